The van der Waals surface area contributed by atoms with Crippen LogP contribution < -0.4 is 5.48 Å². The van der Waals surface area contributed by atoms with Crippen molar-refractivity contribution in [3.8, 4) is 0 Å². The van der Waals surface area contributed by atoms with Crippen LogP contribution in [0.15, 0.2) is 23.1 Å². The van der Waals surface area contributed by atoms with Gasteiger partial charge in [0, 0.05) is 9.92 Å². The molecular formula is C13H18ClNOS. The van der Waals surface area contributed by atoms with Crippen molar-refractivity contribution in [2.24, 2.45) is 0 Å². The molecule has 0 saturated heterocycles. The fourth-order valence-corrected chi connectivity index (χ4v) is 3.02. The van der Waals surface area contributed by atoms with E-state index >= 15 is 0 Å². The Kier molecular flexibility index (Phi) is 4.03. The minimum atomic E-state index is -0.177. The van der Waals surface area contributed by atoms with E-state index in [-0.39, 0.29) is 11.6 Å². The van der Waals surface area contributed by atoms with Crippen LogP contribution in [0, 0.1) is 0 Å². The predicted molar refractivity (Wildman–Crippen MR) is 73.5 cm³/mol. The molecule has 94 valence electrons. The van der Waals surface area contributed by atoms with Gasteiger partial charge in [0.1, 0.15) is 0 Å². The zero-order valence-electron chi connectivity index (χ0n) is 10.4. The smallest absolute Gasteiger partial charge is 0.0813 e. The van der Waals surface area contributed by atoms with Gasteiger partial charge in [0.25, 0.3) is 0 Å². The van der Waals surface area contributed by atoms with E-state index in [0.29, 0.717) is 0 Å². The monoisotopic (exact) mass is 271 g/mol. The van der Waals surface area contributed by atoms with E-state index in [1.54, 1.807) is 0 Å². The first-order chi connectivity index (χ1) is 7.96. The van der Waals surface area contributed by atoms with Crippen LogP contribution in [-0.2, 0) is 4.84 Å². The molecule has 1 aliphatic heterocycles. The molecule has 0 amide bonds. The van der Waals surface area contributed by atoms with Gasteiger partial charge in [-0.15, -0.1) is 11.8 Å². The van der Waals surface area contributed by atoms with Gasteiger partial charge in [-0.3, -0.25) is 4.84 Å². The number of benzene rings is 1. The highest BCUT2D eigenvalue weighted by atomic mass is 35.5. The Labute approximate surface area is 112 Å². The minimum absolute atomic E-state index is 0.177. The van der Waals surface area contributed by atoms with E-state index in [2.05, 4.69) is 11.5 Å². The number of nitrogens with one attached hydrogen (secondary N) is 1. The molecule has 1 aromatic carbocycles. The van der Waals surface area contributed by atoms with Gasteiger partial charge in [-0.25, -0.2) is 0 Å². The number of halogens is 1. The summed E-state index contributed by atoms with van der Waals surface area (Å²) < 4.78 is 0. The number of rotatable bonds is 2. The number of fused-ring (bicyclic) bond motifs is 1. The largest absolute Gasteiger partial charge is 0.296 e. The van der Waals surface area contributed by atoms with Crippen LogP contribution in [-0.4, -0.2) is 11.4 Å². The normalized spacial score (nSPS) is 20.1. The third-order valence-corrected chi connectivity index (χ3v) is 3.88. The van der Waals surface area contributed by atoms with Gasteiger partial charge < -0.3 is 0 Å². The van der Waals surface area contributed by atoms with E-state index in [1.165, 1.54) is 10.5 Å². The Bertz CT molecular complexity index is 403. The Morgan fingerprint density at radius 1 is 1.41 bits per heavy atom. The molecule has 0 saturated carbocycles. The molecule has 1 unspecified atom stereocenters. The maximum absolute atomic E-state index is 6.05. The molecule has 2 rings (SSSR count). The fraction of sp³-hybridized carbons (Fsp3) is 0.538. The van der Waals surface area contributed by atoms with Crippen LogP contribution in [0.25, 0.3) is 0 Å². The molecule has 1 aliphatic rings. The van der Waals surface area contributed by atoms with E-state index in [4.69, 9.17) is 16.4 Å². The zero-order chi connectivity index (χ0) is 12.5. The number of thioether (sulfide) groups is 1. The summed E-state index contributed by atoms with van der Waals surface area (Å²) in [7, 11) is 0. The molecule has 0 aromatic heterocycles. The highest BCUT2D eigenvalue weighted by Gasteiger charge is 2.23. The average Bonchev–Trinajstić information content (AvgIpc) is 2.25. The zero-order valence-corrected chi connectivity index (χ0v) is 12.0. The summed E-state index contributed by atoms with van der Waals surface area (Å²) in [5.41, 5.74) is 4.24. The molecule has 0 fully saturated rings. The van der Waals surface area contributed by atoms with Crippen molar-refractivity contribution in [1.29, 1.82) is 0 Å². The Hall–Kier alpha value is -0.220. The highest BCUT2D eigenvalue weighted by molar-refractivity contribution is 7.99. The molecule has 0 radical (unpaired) electrons. The van der Waals surface area contributed by atoms with Gasteiger partial charge in [-0.2, -0.15) is 5.48 Å². The van der Waals surface area contributed by atoms with Crippen molar-refractivity contribution in [2.75, 3.05) is 5.75 Å². The van der Waals surface area contributed by atoms with Gasteiger partial charge >= 0.3 is 0 Å². The molecule has 0 bridgehead atoms. The van der Waals surface area contributed by atoms with Gasteiger partial charge in [0.15, 0.2) is 0 Å². The lowest BCUT2D eigenvalue weighted by molar-refractivity contribution is -0.0899. The second kappa shape index (κ2) is 5.19. The van der Waals surface area contributed by atoms with Crippen LogP contribution in [0.3, 0.4) is 0 Å². The standard InChI is InChI=1S/C13H18ClNOS/c1-13(2,3)16-15-11-6-7-17-12-5-4-9(14)8-10(11)12/h4-5,8,11,15H,6-7H2,1-3H3. The number of hydroxylamine groups is 1. The molecule has 1 atom stereocenters. The van der Waals surface area contributed by atoms with Crippen molar-refractivity contribution < 1.29 is 4.84 Å². The summed E-state index contributed by atoms with van der Waals surface area (Å²) in [5.74, 6) is 1.11. The van der Waals surface area contributed by atoms with Gasteiger partial charge in [0.2, 0.25) is 0 Å². The summed E-state index contributed by atoms with van der Waals surface area (Å²) in [6, 6.07) is 6.31. The van der Waals surface area contributed by atoms with Crippen molar-refractivity contribution in [2.45, 2.75) is 43.7 Å². The maximum atomic E-state index is 6.05. The first-order valence-electron chi connectivity index (χ1n) is 5.81. The molecule has 4 heteroatoms. The molecule has 0 aliphatic carbocycles. The second-order valence-corrected chi connectivity index (χ2v) is 6.78. The Balaban J connectivity index is 2.14. The molecule has 1 heterocycles. The van der Waals surface area contributed by atoms with E-state index < -0.39 is 0 Å². The lowest BCUT2D eigenvalue weighted by Crippen LogP contribution is -2.33. The Morgan fingerprint density at radius 2 is 2.18 bits per heavy atom. The van der Waals surface area contributed by atoms with Crippen LogP contribution in [0.4, 0.5) is 0 Å². The van der Waals surface area contributed by atoms with E-state index in [0.717, 1.165) is 17.2 Å². The molecule has 0 spiro atoms. The van der Waals surface area contributed by atoms with Crippen LogP contribution in [0.5, 0.6) is 0 Å². The summed E-state index contributed by atoms with van der Waals surface area (Å²) >= 11 is 7.93. The molecule has 1 N–H and O–H groups in total. The lowest BCUT2D eigenvalue weighted by Gasteiger charge is -2.29. The maximum Gasteiger partial charge on any atom is 0.0813 e. The molecule has 2 nitrogen and oxygen atoms in total. The fourth-order valence-electron chi connectivity index (χ4n) is 1.74. The summed E-state index contributed by atoms with van der Waals surface area (Å²) in [5, 5.41) is 0.786. The van der Waals surface area contributed by atoms with Gasteiger partial charge in [-0.05, 0) is 56.7 Å². The summed E-state index contributed by atoms with van der Waals surface area (Å²) in [4.78, 5) is 6.96. The summed E-state index contributed by atoms with van der Waals surface area (Å²) in [6.07, 6.45) is 1.06. The average molecular weight is 272 g/mol. The van der Waals surface area contributed by atoms with Crippen LogP contribution in [0.1, 0.15) is 38.8 Å². The third kappa shape index (κ3) is 3.62. The SMILES string of the molecule is CC(C)(C)ONC1CCSc2ccc(Cl)cc21. The van der Waals surface area contributed by atoms with Crippen molar-refractivity contribution >= 4 is 23.4 Å². The highest BCUT2D eigenvalue weighted by Crippen LogP contribution is 2.37. The minimum Gasteiger partial charge on any atom is -0.296 e. The number of hydrogen-bond donors (Lipinski definition) is 1. The molecular weight excluding hydrogens is 254 g/mol. The van der Waals surface area contributed by atoms with Crippen molar-refractivity contribution in [1.82, 2.24) is 5.48 Å². The van der Waals surface area contributed by atoms with Crippen molar-refractivity contribution in [3.05, 3.63) is 28.8 Å². The quantitative estimate of drug-likeness (QED) is 0.815. The van der Waals surface area contributed by atoms with Gasteiger partial charge in [0.05, 0.1) is 11.6 Å². The predicted octanol–water partition coefficient (Wildman–Crippen LogP) is 4.20. The third-order valence-electron chi connectivity index (χ3n) is 2.52. The Morgan fingerprint density at radius 3 is 2.88 bits per heavy atom. The first-order valence-corrected chi connectivity index (χ1v) is 7.18. The first kappa shape index (κ1) is 13.2. The van der Waals surface area contributed by atoms with Gasteiger partial charge in [-0.1, -0.05) is 11.6 Å². The number of hydrogen-bond acceptors (Lipinski definition) is 3. The topological polar surface area (TPSA) is 21.3 Å². The molecule has 1 aromatic rings. The van der Waals surface area contributed by atoms with Crippen molar-refractivity contribution in [3.63, 3.8) is 0 Å². The van der Waals surface area contributed by atoms with Crippen LogP contribution >= 0.6 is 23.4 Å². The second-order valence-electron chi connectivity index (χ2n) is 5.20. The van der Waals surface area contributed by atoms with Crippen LogP contribution in [0.2, 0.25) is 5.02 Å². The molecule has 17 heavy (non-hydrogen) atoms. The van der Waals surface area contributed by atoms with E-state index in [1.807, 2.05) is 44.7 Å². The lowest BCUT2D eigenvalue weighted by atomic mass is 10.0. The summed E-state index contributed by atoms with van der Waals surface area (Å²) in [6.45, 7) is 6.11. The van der Waals surface area contributed by atoms with E-state index in [9.17, 15) is 0 Å².